The molecule has 2 heterocycles. The summed E-state index contributed by atoms with van der Waals surface area (Å²) >= 11 is 1.28. The molecular weight excluding hydrogens is 357 g/mol. The molecule has 0 aliphatic heterocycles. The Morgan fingerprint density at radius 3 is 2.35 bits per heavy atom. The second kappa shape index (κ2) is 8.26. The monoisotopic (exact) mass is 371 g/mol. The van der Waals surface area contributed by atoms with Crippen LogP contribution in [0.3, 0.4) is 0 Å². The first kappa shape index (κ1) is 17.6. The van der Waals surface area contributed by atoms with Gasteiger partial charge < -0.3 is 10.6 Å². The van der Waals surface area contributed by atoms with E-state index in [0.717, 1.165) is 0 Å². The third-order valence-corrected chi connectivity index (χ3v) is 4.13. The lowest BCUT2D eigenvalue weighted by Gasteiger charge is -2.06. The lowest BCUT2D eigenvalue weighted by molar-refractivity contribution is 0.0925. The van der Waals surface area contributed by atoms with Crippen molar-refractivity contribution in [1.29, 1.82) is 0 Å². The zero-order valence-corrected chi connectivity index (χ0v) is 14.3. The van der Waals surface area contributed by atoms with Gasteiger partial charge in [0.25, 0.3) is 11.8 Å². The van der Waals surface area contributed by atoms with Crippen molar-refractivity contribution in [1.82, 2.24) is 25.6 Å². The van der Waals surface area contributed by atoms with Crippen LogP contribution in [0.15, 0.2) is 48.1 Å². The number of nitrogens with zero attached hydrogens (tertiary/aromatic N) is 3. The minimum Gasteiger partial charge on any atom is -0.350 e. The van der Waals surface area contributed by atoms with Gasteiger partial charge in [0.15, 0.2) is 10.8 Å². The molecule has 0 radical (unpaired) electrons. The summed E-state index contributed by atoms with van der Waals surface area (Å²) in [5.41, 5.74) is 0.618. The van der Waals surface area contributed by atoms with Crippen LogP contribution < -0.4 is 10.6 Å². The van der Waals surface area contributed by atoms with Crippen molar-refractivity contribution in [3.8, 4) is 10.8 Å². The average molecular weight is 371 g/mol. The molecule has 0 aliphatic rings. The Morgan fingerprint density at radius 2 is 1.65 bits per heavy atom. The highest BCUT2D eigenvalue weighted by Crippen LogP contribution is 2.19. The summed E-state index contributed by atoms with van der Waals surface area (Å²) in [5.74, 6) is -0.628. The van der Waals surface area contributed by atoms with Crippen LogP contribution in [-0.2, 0) is 0 Å². The molecule has 0 aliphatic carbocycles. The normalized spacial score (nSPS) is 10.3. The van der Waals surface area contributed by atoms with E-state index in [-0.39, 0.29) is 30.6 Å². The smallest absolute Gasteiger partial charge is 0.270 e. The van der Waals surface area contributed by atoms with E-state index in [1.807, 2.05) is 0 Å². The highest BCUT2D eigenvalue weighted by molar-refractivity contribution is 7.13. The Hall–Kier alpha value is -3.20. The maximum absolute atomic E-state index is 12.8. The Morgan fingerprint density at radius 1 is 1.00 bits per heavy atom. The van der Waals surface area contributed by atoms with Crippen LogP contribution in [0.4, 0.5) is 4.39 Å². The lowest BCUT2D eigenvalue weighted by Crippen LogP contribution is -2.34. The fourth-order valence-corrected chi connectivity index (χ4v) is 2.78. The van der Waals surface area contributed by atoms with Gasteiger partial charge in [-0.2, -0.15) is 0 Å². The topological polar surface area (TPSA) is 96.9 Å². The molecule has 0 spiro atoms. The number of rotatable bonds is 6. The van der Waals surface area contributed by atoms with Crippen molar-refractivity contribution in [3.05, 3.63) is 65.2 Å². The zero-order valence-electron chi connectivity index (χ0n) is 13.5. The quantitative estimate of drug-likeness (QED) is 0.645. The van der Waals surface area contributed by atoms with E-state index >= 15 is 0 Å². The summed E-state index contributed by atoms with van der Waals surface area (Å²) in [6.45, 7) is 0.473. The highest BCUT2D eigenvalue weighted by atomic mass is 32.1. The second-order valence-corrected chi connectivity index (χ2v) is 5.99. The molecule has 3 rings (SSSR count). The number of carbonyl (C=O) groups excluding carboxylic acids is 2. The SMILES string of the molecule is O=C(NCCNC(=O)c1csc(-c2ncccn2)n1)c1ccc(F)cc1. The summed E-state index contributed by atoms with van der Waals surface area (Å²) in [6, 6.07) is 6.92. The number of hydrogen-bond donors (Lipinski definition) is 2. The summed E-state index contributed by atoms with van der Waals surface area (Å²) in [5, 5.41) is 7.49. The second-order valence-electron chi connectivity index (χ2n) is 5.13. The summed E-state index contributed by atoms with van der Waals surface area (Å²) in [6.07, 6.45) is 3.21. The minimum atomic E-state index is -0.405. The van der Waals surface area contributed by atoms with Gasteiger partial charge in [-0.15, -0.1) is 11.3 Å². The van der Waals surface area contributed by atoms with Gasteiger partial charge >= 0.3 is 0 Å². The van der Waals surface area contributed by atoms with Crippen molar-refractivity contribution >= 4 is 23.2 Å². The maximum Gasteiger partial charge on any atom is 0.270 e. The Kier molecular flexibility index (Phi) is 5.59. The maximum atomic E-state index is 12.8. The summed E-state index contributed by atoms with van der Waals surface area (Å²) in [4.78, 5) is 36.3. The molecule has 9 heteroatoms. The minimum absolute atomic E-state index is 0.237. The van der Waals surface area contributed by atoms with E-state index in [2.05, 4.69) is 25.6 Å². The van der Waals surface area contributed by atoms with Gasteiger partial charge in [-0.25, -0.2) is 19.3 Å². The fraction of sp³-hybridized carbons (Fsp3) is 0.118. The first-order valence-electron chi connectivity index (χ1n) is 7.68. The number of halogens is 1. The molecule has 0 fully saturated rings. The van der Waals surface area contributed by atoms with Crippen LogP contribution in [0.25, 0.3) is 10.8 Å². The van der Waals surface area contributed by atoms with Crippen molar-refractivity contribution in [2.45, 2.75) is 0 Å². The van der Waals surface area contributed by atoms with Crippen molar-refractivity contribution in [2.24, 2.45) is 0 Å². The largest absolute Gasteiger partial charge is 0.350 e. The number of carbonyl (C=O) groups is 2. The number of amides is 2. The van der Waals surface area contributed by atoms with Gasteiger partial charge in [-0.05, 0) is 30.3 Å². The molecule has 2 aromatic heterocycles. The predicted molar refractivity (Wildman–Crippen MR) is 94.2 cm³/mol. The summed E-state index contributed by atoms with van der Waals surface area (Å²) in [7, 11) is 0. The Labute approximate surface area is 152 Å². The zero-order chi connectivity index (χ0) is 18.4. The van der Waals surface area contributed by atoms with Crippen LogP contribution in [0.2, 0.25) is 0 Å². The third kappa shape index (κ3) is 4.45. The molecule has 2 N–H and O–H groups in total. The molecule has 0 atom stereocenters. The molecule has 0 saturated carbocycles. The molecule has 0 bridgehead atoms. The number of nitrogens with one attached hydrogen (secondary N) is 2. The fourth-order valence-electron chi connectivity index (χ4n) is 2.04. The molecule has 3 aromatic rings. The number of hydrogen-bond acceptors (Lipinski definition) is 6. The van der Waals surface area contributed by atoms with Gasteiger partial charge in [0.05, 0.1) is 0 Å². The van der Waals surface area contributed by atoms with E-state index in [4.69, 9.17) is 0 Å². The van der Waals surface area contributed by atoms with Crippen LogP contribution in [0.5, 0.6) is 0 Å². The van der Waals surface area contributed by atoms with Gasteiger partial charge in [-0.1, -0.05) is 0 Å². The number of thiazole rings is 1. The van der Waals surface area contributed by atoms with E-state index in [9.17, 15) is 14.0 Å². The van der Waals surface area contributed by atoms with Crippen LogP contribution in [0.1, 0.15) is 20.8 Å². The highest BCUT2D eigenvalue weighted by Gasteiger charge is 2.13. The van der Waals surface area contributed by atoms with Gasteiger partial charge in [-0.3, -0.25) is 9.59 Å². The summed E-state index contributed by atoms with van der Waals surface area (Å²) < 4.78 is 12.8. The Bertz CT molecular complexity index is 899. The van der Waals surface area contributed by atoms with Gasteiger partial charge in [0.2, 0.25) is 0 Å². The van der Waals surface area contributed by atoms with Gasteiger partial charge in [0, 0.05) is 36.4 Å². The molecule has 132 valence electrons. The Balaban J connectivity index is 1.46. The van der Waals surface area contributed by atoms with Gasteiger partial charge in [0.1, 0.15) is 11.5 Å². The number of aromatic nitrogens is 3. The third-order valence-electron chi connectivity index (χ3n) is 3.30. The first-order valence-corrected chi connectivity index (χ1v) is 8.56. The van der Waals surface area contributed by atoms with Crippen molar-refractivity contribution < 1.29 is 14.0 Å². The molecular formula is C17H14FN5O2S. The molecule has 0 unspecified atom stereocenters. The van der Waals surface area contributed by atoms with Crippen LogP contribution in [-0.4, -0.2) is 39.9 Å². The van der Waals surface area contributed by atoms with E-state index in [1.165, 1.54) is 35.6 Å². The molecule has 0 saturated heterocycles. The van der Waals surface area contributed by atoms with E-state index < -0.39 is 5.82 Å². The van der Waals surface area contributed by atoms with Crippen LogP contribution >= 0.6 is 11.3 Å². The molecule has 1 aromatic carbocycles. The van der Waals surface area contributed by atoms with Crippen LogP contribution in [0, 0.1) is 5.82 Å². The first-order chi connectivity index (χ1) is 12.6. The average Bonchev–Trinajstić information content (AvgIpc) is 3.16. The van der Waals surface area contributed by atoms with Crippen molar-refractivity contribution in [2.75, 3.05) is 13.1 Å². The molecule has 26 heavy (non-hydrogen) atoms. The predicted octanol–water partition coefficient (Wildman–Crippen LogP) is 1.90. The van der Waals surface area contributed by atoms with E-state index in [1.54, 1.807) is 23.8 Å². The number of benzene rings is 1. The standard InChI is InChI=1S/C17H14FN5O2S/c18-12-4-2-11(3-5-12)15(24)21-8-9-22-16(25)13-10-26-17(23-13)14-19-6-1-7-20-14/h1-7,10H,8-9H2,(H,21,24)(H,22,25). The molecule has 7 nitrogen and oxygen atoms in total. The van der Waals surface area contributed by atoms with E-state index in [0.29, 0.717) is 16.4 Å². The molecule has 2 amide bonds. The van der Waals surface area contributed by atoms with Crippen molar-refractivity contribution in [3.63, 3.8) is 0 Å². The lowest BCUT2D eigenvalue weighted by atomic mass is 10.2.